The predicted octanol–water partition coefficient (Wildman–Crippen LogP) is 3.46. The highest BCUT2D eigenvalue weighted by Crippen LogP contribution is 2.45. The first kappa shape index (κ1) is 9.47. The van der Waals surface area contributed by atoms with Crippen molar-refractivity contribution >= 4 is 55.5 Å². The zero-order valence-corrected chi connectivity index (χ0v) is 10.4. The van der Waals surface area contributed by atoms with Gasteiger partial charge < -0.3 is 0 Å². The molecule has 0 N–H and O–H groups in total. The summed E-state index contributed by atoms with van der Waals surface area (Å²) < 4.78 is 5.63. The molecule has 1 aromatic rings. The number of allylic oxidation sites excluding steroid dienone is 1. The highest BCUT2D eigenvalue weighted by molar-refractivity contribution is 14.2. The van der Waals surface area contributed by atoms with E-state index in [4.69, 9.17) is 0 Å². The lowest BCUT2D eigenvalue weighted by atomic mass is 10.5. The summed E-state index contributed by atoms with van der Waals surface area (Å²) in [5.74, 6) is 0. The van der Waals surface area contributed by atoms with Gasteiger partial charge in [0.15, 0.2) is 6.29 Å². The van der Waals surface area contributed by atoms with Gasteiger partial charge in [-0.15, -0.1) is 11.3 Å². The van der Waals surface area contributed by atoms with E-state index in [1.165, 1.54) is 26.9 Å². The molecule has 0 aliphatic carbocycles. The van der Waals surface area contributed by atoms with Crippen molar-refractivity contribution in [3.63, 3.8) is 0 Å². The summed E-state index contributed by atoms with van der Waals surface area (Å²) in [6, 6.07) is 0. The molecule has 0 saturated heterocycles. The molecule has 0 fully saturated rings. The first-order valence-electron chi connectivity index (χ1n) is 3.44. The summed E-state index contributed by atoms with van der Waals surface area (Å²) in [4.78, 5) is 15.8. The van der Waals surface area contributed by atoms with Crippen LogP contribution in [0.3, 0.4) is 0 Å². The van der Waals surface area contributed by atoms with Crippen LogP contribution in [0.2, 0.25) is 0 Å². The SMILES string of the molecule is CC1=C(c2nc(C=O)cs2)SN=I1. The van der Waals surface area contributed by atoms with Crippen molar-refractivity contribution in [2.45, 2.75) is 6.92 Å². The lowest BCUT2D eigenvalue weighted by molar-refractivity contribution is 0.111. The lowest BCUT2D eigenvalue weighted by Gasteiger charge is -1.92. The second-order valence-corrected chi connectivity index (χ2v) is 7.17. The molecule has 2 rings (SSSR count). The van der Waals surface area contributed by atoms with Gasteiger partial charge in [-0.05, 0) is 6.92 Å². The summed E-state index contributed by atoms with van der Waals surface area (Å²) in [6.45, 7) is 2.09. The van der Waals surface area contributed by atoms with Crippen LogP contribution in [0.25, 0.3) is 4.91 Å². The van der Waals surface area contributed by atoms with Crippen LogP contribution in [0.1, 0.15) is 22.4 Å². The molecule has 0 radical (unpaired) electrons. The maximum atomic E-state index is 10.4. The molecule has 0 bridgehead atoms. The Labute approximate surface area is 93.9 Å². The average molecular weight is 324 g/mol. The molecule has 68 valence electrons. The van der Waals surface area contributed by atoms with E-state index in [-0.39, 0.29) is 21.0 Å². The molecular weight excluding hydrogens is 319 g/mol. The van der Waals surface area contributed by atoms with E-state index in [2.05, 4.69) is 14.5 Å². The van der Waals surface area contributed by atoms with E-state index in [0.29, 0.717) is 5.69 Å². The minimum Gasteiger partial charge on any atom is -0.296 e. The van der Waals surface area contributed by atoms with E-state index >= 15 is 0 Å². The highest BCUT2D eigenvalue weighted by Gasteiger charge is 2.14. The Morgan fingerprint density at radius 1 is 1.62 bits per heavy atom. The van der Waals surface area contributed by atoms with Gasteiger partial charge in [-0.25, -0.2) is 4.98 Å². The Hall–Kier alpha value is -0.0800. The van der Waals surface area contributed by atoms with Crippen LogP contribution >= 0.6 is 44.3 Å². The minimum absolute atomic E-state index is 0.136. The van der Waals surface area contributed by atoms with E-state index in [1.807, 2.05) is 0 Å². The van der Waals surface area contributed by atoms with Crippen LogP contribution in [-0.2, 0) is 0 Å². The first-order chi connectivity index (χ1) is 6.31. The van der Waals surface area contributed by atoms with E-state index < -0.39 is 0 Å². The third-order valence-corrected chi connectivity index (χ3v) is 6.07. The molecule has 0 amide bonds. The summed E-state index contributed by atoms with van der Waals surface area (Å²) in [6.07, 6.45) is 0.779. The van der Waals surface area contributed by atoms with Gasteiger partial charge >= 0.3 is 0 Å². The number of rotatable bonds is 2. The number of thiazole rings is 1. The van der Waals surface area contributed by atoms with Gasteiger partial charge in [-0.3, -0.25) is 4.79 Å². The largest absolute Gasteiger partial charge is 0.296 e. The monoisotopic (exact) mass is 324 g/mol. The second-order valence-electron chi connectivity index (χ2n) is 2.30. The van der Waals surface area contributed by atoms with Crippen molar-refractivity contribution in [1.82, 2.24) is 4.98 Å². The van der Waals surface area contributed by atoms with Crippen molar-refractivity contribution in [3.8, 4) is 0 Å². The Bertz CT molecular complexity index is 410. The van der Waals surface area contributed by atoms with E-state index in [9.17, 15) is 4.79 Å². The van der Waals surface area contributed by atoms with Gasteiger partial charge in [0, 0.05) is 41.9 Å². The van der Waals surface area contributed by atoms with Crippen LogP contribution in [-0.4, -0.2) is 11.3 Å². The van der Waals surface area contributed by atoms with Gasteiger partial charge in [-0.2, -0.15) is 2.55 Å². The second kappa shape index (κ2) is 3.97. The number of halogens is 1. The summed E-state index contributed by atoms with van der Waals surface area (Å²) in [7, 11) is 0. The third-order valence-electron chi connectivity index (χ3n) is 1.44. The average Bonchev–Trinajstić information content (AvgIpc) is 2.71. The molecule has 0 unspecified atom stereocenters. The molecule has 0 atom stereocenters. The summed E-state index contributed by atoms with van der Waals surface area (Å²) in [5, 5.41) is 2.71. The van der Waals surface area contributed by atoms with E-state index in [1.54, 1.807) is 5.38 Å². The lowest BCUT2D eigenvalue weighted by Crippen LogP contribution is -1.81. The number of nitrogens with zero attached hydrogens (tertiary/aromatic N) is 2. The van der Waals surface area contributed by atoms with Gasteiger partial charge in [0.2, 0.25) is 0 Å². The van der Waals surface area contributed by atoms with Crippen LogP contribution in [0.15, 0.2) is 11.5 Å². The van der Waals surface area contributed by atoms with E-state index in [0.717, 1.165) is 16.2 Å². The fourth-order valence-electron chi connectivity index (χ4n) is 0.836. The maximum Gasteiger partial charge on any atom is 0.169 e. The summed E-state index contributed by atoms with van der Waals surface area (Å²) >= 11 is 2.89. The van der Waals surface area contributed by atoms with Gasteiger partial charge in [0.25, 0.3) is 0 Å². The maximum absolute atomic E-state index is 10.4. The number of hydrogen-bond donors (Lipinski definition) is 0. The van der Waals surface area contributed by atoms with Crippen LogP contribution in [0, 0.1) is 0 Å². The Morgan fingerprint density at radius 2 is 2.46 bits per heavy atom. The fraction of sp³-hybridized carbons (Fsp3) is 0.143. The Morgan fingerprint density at radius 3 is 3.00 bits per heavy atom. The van der Waals surface area contributed by atoms with Crippen molar-refractivity contribution in [1.29, 1.82) is 0 Å². The standard InChI is InChI=1S/C7H5IN2OS2/c1-4-6(13-10-8-4)7-9-5(2-11)3-12-7/h2-3H,1H3. The van der Waals surface area contributed by atoms with Crippen LogP contribution in [0.4, 0.5) is 0 Å². The van der Waals surface area contributed by atoms with Crippen molar-refractivity contribution < 1.29 is 4.79 Å². The molecule has 0 spiro atoms. The quantitative estimate of drug-likeness (QED) is 0.475. The molecule has 2 heterocycles. The van der Waals surface area contributed by atoms with Gasteiger partial charge in [0.1, 0.15) is 10.7 Å². The topological polar surface area (TPSA) is 42.3 Å². The minimum atomic E-state index is -0.136. The van der Waals surface area contributed by atoms with Crippen molar-refractivity contribution in [3.05, 3.63) is 19.7 Å². The first-order valence-corrected chi connectivity index (χ1v) is 7.14. The predicted molar refractivity (Wildman–Crippen MR) is 64.1 cm³/mol. The third kappa shape index (κ3) is 1.89. The Kier molecular flexibility index (Phi) is 2.89. The van der Waals surface area contributed by atoms with Gasteiger partial charge in [-0.1, -0.05) is 0 Å². The van der Waals surface area contributed by atoms with Crippen LogP contribution in [0.5, 0.6) is 0 Å². The number of aromatic nitrogens is 1. The Balaban J connectivity index is 2.36. The number of hydrogen-bond acceptors (Lipinski definition) is 5. The normalized spacial score (nSPS) is 16.1. The molecular formula is C7H5IN2OS2. The van der Waals surface area contributed by atoms with Gasteiger partial charge in [0.05, 0.1) is 4.91 Å². The highest BCUT2D eigenvalue weighted by atomic mass is 127. The van der Waals surface area contributed by atoms with Crippen LogP contribution < -0.4 is 0 Å². The molecule has 1 aliphatic heterocycles. The molecule has 0 aromatic carbocycles. The zero-order valence-electron chi connectivity index (χ0n) is 6.65. The van der Waals surface area contributed by atoms with Crippen molar-refractivity contribution in [2.24, 2.45) is 2.55 Å². The smallest absolute Gasteiger partial charge is 0.169 e. The molecule has 0 saturated carbocycles. The fourth-order valence-corrected chi connectivity index (χ4v) is 5.26. The molecule has 6 heteroatoms. The molecule has 3 nitrogen and oxygen atoms in total. The number of carbonyl (C=O) groups is 1. The summed E-state index contributed by atoms with van der Waals surface area (Å²) in [5.41, 5.74) is 0.519. The number of aldehydes is 1. The van der Waals surface area contributed by atoms with Crippen molar-refractivity contribution in [2.75, 3.05) is 0 Å². The molecule has 1 aliphatic rings. The molecule has 13 heavy (non-hydrogen) atoms. The molecule has 1 aromatic heterocycles. The number of carbonyl (C=O) groups excluding carboxylic acids is 1. The zero-order chi connectivity index (χ0) is 9.26.